The lowest BCUT2D eigenvalue weighted by Crippen LogP contribution is -3.05. The number of amides is 1. The van der Waals surface area contributed by atoms with Crippen LogP contribution >= 0.6 is 11.3 Å². The summed E-state index contributed by atoms with van der Waals surface area (Å²) in [4.78, 5) is 23.2. The molecule has 0 spiro atoms. The smallest absolute Gasteiger partial charge is 0.260 e. The van der Waals surface area contributed by atoms with E-state index in [9.17, 15) is 4.79 Å². The Morgan fingerprint density at radius 3 is 2.41 bits per heavy atom. The Balaban J connectivity index is 1.89. The lowest BCUT2D eigenvalue weighted by atomic mass is 10.1. The molecular weight excluding hydrogens is 356 g/mol. The van der Waals surface area contributed by atoms with Crippen LogP contribution < -0.4 is 14.7 Å². The minimum Gasteiger partial charge on any atom is -0.378 e. The average Bonchev–Trinajstić information content (AvgIpc) is 3.08. The molecule has 3 aromatic rings. The Morgan fingerprint density at radius 2 is 1.78 bits per heavy atom. The number of benzene rings is 2. The van der Waals surface area contributed by atoms with E-state index in [1.54, 1.807) is 11.3 Å². The van der Waals surface area contributed by atoms with Crippen LogP contribution in [0.2, 0.25) is 0 Å². The van der Waals surface area contributed by atoms with Gasteiger partial charge >= 0.3 is 0 Å². The number of nitrogens with zero attached hydrogens (tertiary/aromatic N) is 3. The molecule has 27 heavy (non-hydrogen) atoms. The van der Waals surface area contributed by atoms with E-state index in [2.05, 4.69) is 20.2 Å². The van der Waals surface area contributed by atoms with Crippen LogP contribution in [0.3, 0.4) is 0 Å². The zero-order valence-electron chi connectivity index (χ0n) is 16.4. The first-order chi connectivity index (χ1) is 13.0. The highest BCUT2D eigenvalue weighted by Gasteiger charge is 2.21. The first kappa shape index (κ1) is 19.3. The van der Waals surface area contributed by atoms with Gasteiger partial charge in [0.05, 0.1) is 30.9 Å². The molecule has 1 N–H and O–H groups in total. The molecule has 0 saturated heterocycles. The molecule has 6 heteroatoms. The van der Waals surface area contributed by atoms with Gasteiger partial charge in [-0.2, -0.15) is 0 Å². The van der Waals surface area contributed by atoms with Crippen molar-refractivity contribution in [2.45, 2.75) is 6.42 Å². The Labute approximate surface area is 164 Å². The number of nitrogens with one attached hydrogen (secondary N) is 1. The summed E-state index contributed by atoms with van der Waals surface area (Å²) >= 11 is 1.57. The van der Waals surface area contributed by atoms with Crippen LogP contribution in [-0.4, -0.2) is 52.2 Å². The first-order valence-corrected chi connectivity index (χ1v) is 10.0. The van der Waals surface area contributed by atoms with E-state index in [1.807, 2.05) is 66.4 Å². The summed E-state index contributed by atoms with van der Waals surface area (Å²) in [5.41, 5.74) is 2.71. The standard InChI is InChI=1S/C21H26N4OS/c1-23(2)14-7-15-25(21-22-18-8-5-6-9-19(18)27-21)20(26)16-10-12-17(13-11-16)24(3)4/h5-6,8-13H,7,14-15H2,1-4H3/p+1. The summed E-state index contributed by atoms with van der Waals surface area (Å²) in [5, 5.41) is 0.770. The summed E-state index contributed by atoms with van der Waals surface area (Å²) in [6.45, 7) is 1.67. The number of thiazole rings is 1. The number of para-hydroxylation sites is 1. The van der Waals surface area contributed by atoms with E-state index >= 15 is 0 Å². The van der Waals surface area contributed by atoms with Gasteiger partial charge in [-0.15, -0.1) is 0 Å². The molecule has 0 atom stereocenters. The fourth-order valence-corrected chi connectivity index (χ4v) is 3.90. The molecule has 1 heterocycles. The van der Waals surface area contributed by atoms with Gasteiger partial charge in [-0.1, -0.05) is 23.5 Å². The molecular formula is C21H27N4OS+. The molecule has 3 rings (SSSR count). The van der Waals surface area contributed by atoms with Crippen LogP contribution in [0.1, 0.15) is 16.8 Å². The second-order valence-electron chi connectivity index (χ2n) is 7.17. The lowest BCUT2D eigenvalue weighted by molar-refractivity contribution is -0.858. The lowest BCUT2D eigenvalue weighted by Gasteiger charge is -2.21. The van der Waals surface area contributed by atoms with Crippen LogP contribution in [0.25, 0.3) is 10.2 Å². The summed E-state index contributed by atoms with van der Waals surface area (Å²) in [7, 11) is 8.25. The third-order valence-electron chi connectivity index (χ3n) is 4.45. The highest BCUT2D eigenvalue weighted by molar-refractivity contribution is 7.22. The highest BCUT2D eigenvalue weighted by Crippen LogP contribution is 2.29. The van der Waals surface area contributed by atoms with Crippen LogP contribution in [-0.2, 0) is 0 Å². The van der Waals surface area contributed by atoms with Crippen molar-refractivity contribution in [2.75, 3.05) is 51.1 Å². The monoisotopic (exact) mass is 383 g/mol. The quantitative estimate of drug-likeness (QED) is 0.682. The van der Waals surface area contributed by atoms with Crippen molar-refractivity contribution in [2.24, 2.45) is 0 Å². The van der Waals surface area contributed by atoms with Crippen molar-refractivity contribution < 1.29 is 9.69 Å². The molecule has 1 aromatic heterocycles. The summed E-state index contributed by atoms with van der Waals surface area (Å²) in [6.07, 6.45) is 0.930. The normalized spacial score (nSPS) is 11.1. The fraction of sp³-hybridized carbons (Fsp3) is 0.333. The largest absolute Gasteiger partial charge is 0.378 e. The van der Waals surface area contributed by atoms with Gasteiger partial charge in [0.15, 0.2) is 5.13 Å². The molecule has 5 nitrogen and oxygen atoms in total. The van der Waals surface area contributed by atoms with Crippen molar-refractivity contribution in [3.05, 3.63) is 54.1 Å². The topological polar surface area (TPSA) is 40.9 Å². The van der Waals surface area contributed by atoms with Gasteiger partial charge in [-0.05, 0) is 36.4 Å². The van der Waals surface area contributed by atoms with Gasteiger partial charge in [-0.3, -0.25) is 9.69 Å². The number of carbonyl (C=O) groups is 1. The van der Waals surface area contributed by atoms with E-state index in [4.69, 9.17) is 4.98 Å². The number of carbonyl (C=O) groups excluding carboxylic acids is 1. The number of fused-ring (bicyclic) bond motifs is 1. The van der Waals surface area contributed by atoms with Gasteiger partial charge in [0.25, 0.3) is 5.91 Å². The van der Waals surface area contributed by atoms with E-state index in [0.29, 0.717) is 12.1 Å². The van der Waals surface area contributed by atoms with Gasteiger partial charge < -0.3 is 9.80 Å². The summed E-state index contributed by atoms with van der Waals surface area (Å²) < 4.78 is 1.10. The zero-order chi connectivity index (χ0) is 19.4. The van der Waals surface area contributed by atoms with E-state index < -0.39 is 0 Å². The first-order valence-electron chi connectivity index (χ1n) is 9.19. The number of aromatic nitrogens is 1. The van der Waals surface area contributed by atoms with Gasteiger partial charge in [-0.25, -0.2) is 4.98 Å². The molecule has 2 aromatic carbocycles. The van der Waals surface area contributed by atoms with Crippen molar-refractivity contribution in [3.63, 3.8) is 0 Å². The van der Waals surface area contributed by atoms with Crippen molar-refractivity contribution in [1.82, 2.24) is 4.98 Å². The van der Waals surface area contributed by atoms with Gasteiger partial charge in [0, 0.05) is 38.3 Å². The minimum absolute atomic E-state index is 0.00752. The van der Waals surface area contributed by atoms with Crippen molar-refractivity contribution >= 4 is 38.3 Å². The van der Waals surface area contributed by atoms with Gasteiger partial charge in [0.1, 0.15) is 0 Å². The Morgan fingerprint density at radius 1 is 1.07 bits per heavy atom. The molecule has 0 bridgehead atoms. The molecule has 0 saturated carbocycles. The SMILES string of the molecule is CN(C)c1ccc(C(=O)N(CCC[NH+](C)C)c2nc3ccccc3s2)cc1. The molecule has 142 valence electrons. The third kappa shape index (κ3) is 4.64. The van der Waals surface area contributed by atoms with Crippen LogP contribution in [0, 0.1) is 0 Å². The molecule has 0 aliphatic heterocycles. The minimum atomic E-state index is 0.00752. The number of hydrogen-bond donors (Lipinski definition) is 1. The Kier molecular flexibility index (Phi) is 6.08. The zero-order valence-corrected chi connectivity index (χ0v) is 17.2. The highest BCUT2D eigenvalue weighted by atomic mass is 32.1. The molecule has 0 unspecified atom stereocenters. The predicted octanol–water partition coefficient (Wildman–Crippen LogP) is 2.54. The van der Waals surface area contributed by atoms with Crippen molar-refractivity contribution in [3.8, 4) is 0 Å². The van der Waals surface area contributed by atoms with Crippen LogP contribution in [0.5, 0.6) is 0 Å². The molecule has 1 amide bonds. The maximum Gasteiger partial charge on any atom is 0.260 e. The number of anilines is 2. The Bertz CT molecular complexity index is 869. The van der Waals surface area contributed by atoms with Gasteiger partial charge in [0.2, 0.25) is 0 Å². The van der Waals surface area contributed by atoms with Crippen LogP contribution in [0.4, 0.5) is 10.8 Å². The number of hydrogen-bond acceptors (Lipinski definition) is 4. The molecule has 0 aliphatic rings. The summed E-state index contributed by atoms with van der Waals surface area (Å²) in [5.74, 6) is 0.00752. The fourth-order valence-electron chi connectivity index (χ4n) is 2.91. The third-order valence-corrected chi connectivity index (χ3v) is 5.51. The van der Waals surface area contributed by atoms with Crippen molar-refractivity contribution in [1.29, 1.82) is 0 Å². The molecule has 0 radical (unpaired) electrons. The Hall–Kier alpha value is -2.44. The second-order valence-corrected chi connectivity index (χ2v) is 8.18. The van der Waals surface area contributed by atoms with E-state index in [1.165, 1.54) is 4.90 Å². The maximum absolute atomic E-state index is 13.3. The van der Waals surface area contributed by atoms with Crippen LogP contribution in [0.15, 0.2) is 48.5 Å². The van der Waals surface area contributed by atoms with E-state index in [0.717, 1.165) is 34.0 Å². The maximum atomic E-state index is 13.3. The number of rotatable bonds is 7. The average molecular weight is 384 g/mol. The molecule has 0 fully saturated rings. The van der Waals surface area contributed by atoms with E-state index in [-0.39, 0.29) is 5.91 Å². The second kappa shape index (κ2) is 8.50. The molecule has 0 aliphatic carbocycles. The summed E-state index contributed by atoms with van der Waals surface area (Å²) in [6, 6.07) is 15.8. The number of quaternary nitrogens is 1. The predicted molar refractivity (Wildman–Crippen MR) is 114 cm³/mol.